The second kappa shape index (κ2) is 7.61. The van der Waals surface area contributed by atoms with E-state index in [4.69, 9.17) is 4.74 Å². The average Bonchev–Trinajstić information content (AvgIpc) is 2.92. The van der Waals surface area contributed by atoms with Crippen LogP contribution in [0.25, 0.3) is 5.69 Å². The van der Waals surface area contributed by atoms with Crippen LogP contribution in [-0.2, 0) is 11.3 Å². The Morgan fingerprint density at radius 1 is 1.25 bits per heavy atom. The van der Waals surface area contributed by atoms with Crippen LogP contribution in [0.5, 0.6) is 0 Å². The monoisotopic (exact) mass is 283 g/mol. The number of hydrogen-bond acceptors (Lipinski definition) is 5. The highest BCUT2D eigenvalue weighted by atomic mass is 19.3. The van der Waals surface area contributed by atoms with Crippen molar-refractivity contribution < 1.29 is 13.5 Å². The van der Waals surface area contributed by atoms with Crippen LogP contribution >= 0.6 is 0 Å². The second-order valence-electron chi connectivity index (χ2n) is 3.99. The van der Waals surface area contributed by atoms with Gasteiger partial charge < -0.3 is 10.1 Å². The van der Waals surface area contributed by atoms with Gasteiger partial charge in [0.25, 0.3) is 6.43 Å². The Balaban J connectivity index is 1.78. The molecular weight excluding hydrogens is 268 g/mol. The van der Waals surface area contributed by atoms with Gasteiger partial charge in [-0.1, -0.05) is 18.2 Å². The van der Waals surface area contributed by atoms with E-state index in [1.807, 2.05) is 30.3 Å². The zero-order valence-corrected chi connectivity index (χ0v) is 10.7. The molecule has 2 aromatic rings. The third-order valence-corrected chi connectivity index (χ3v) is 2.48. The molecule has 0 bridgehead atoms. The molecule has 0 aliphatic heterocycles. The SMILES string of the molecule is FC(F)COCCNCc1nnnn1-c1ccccc1. The fraction of sp³-hybridized carbons (Fsp3) is 0.417. The van der Waals surface area contributed by atoms with Crippen molar-refractivity contribution in [2.45, 2.75) is 13.0 Å². The molecule has 0 atom stereocenters. The van der Waals surface area contributed by atoms with E-state index in [0.29, 0.717) is 18.9 Å². The molecule has 2 rings (SSSR count). The molecule has 0 spiro atoms. The first-order chi connectivity index (χ1) is 9.77. The number of rotatable bonds is 8. The van der Waals surface area contributed by atoms with Crippen LogP contribution < -0.4 is 5.32 Å². The highest BCUT2D eigenvalue weighted by Gasteiger charge is 2.07. The van der Waals surface area contributed by atoms with E-state index in [1.54, 1.807) is 4.68 Å². The molecule has 0 amide bonds. The molecular formula is C12H15F2N5O. The normalized spacial score (nSPS) is 11.2. The number of benzene rings is 1. The van der Waals surface area contributed by atoms with Crippen LogP contribution in [0.3, 0.4) is 0 Å². The van der Waals surface area contributed by atoms with E-state index < -0.39 is 13.0 Å². The lowest BCUT2D eigenvalue weighted by Gasteiger charge is -2.06. The summed E-state index contributed by atoms with van der Waals surface area (Å²) in [7, 11) is 0. The van der Waals surface area contributed by atoms with E-state index in [2.05, 4.69) is 20.8 Å². The Kier molecular flexibility index (Phi) is 5.51. The molecule has 8 heteroatoms. The molecule has 0 aliphatic rings. The van der Waals surface area contributed by atoms with Gasteiger partial charge in [-0.3, -0.25) is 0 Å². The molecule has 108 valence electrons. The Hall–Kier alpha value is -1.93. The highest BCUT2D eigenvalue weighted by Crippen LogP contribution is 2.06. The summed E-state index contributed by atoms with van der Waals surface area (Å²) in [5.74, 6) is 0.644. The number of aromatic nitrogens is 4. The number of ether oxygens (including phenoxy) is 1. The van der Waals surface area contributed by atoms with Crippen molar-refractivity contribution in [1.82, 2.24) is 25.5 Å². The van der Waals surface area contributed by atoms with Crippen molar-refractivity contribution in [2.24, 2.45) is 0 Å². The van der Waals surface area contributed by atoms with Gasteiger partial charge in [0.15, 0.2) is 5.82 Å². The van der Waals surface area contributed by atoms with Crippen LogP contribution in [0.1, 0.15) is 5.82 Å². The van der Waals surface area contributed by atoms with E-state index in [9.17, 15) is 8.78 Å². The van der Waals surface area contributed by atoms with Crippen molar-refractivity contribution in [3.05, 3.63) is 36.2 Å². The van der Waals surface area contributed by atoms with Crippen LogP contribution in [0, 0.1) is 0 Å². The molecule has 1 heterocycles. The van der Waals surface area contributed by atoms with Gasteiger partial charge in [0.05, 0.1) is 18.8 Å². The van der Waals surface area contributed by atoms with Crippen LogP contribution in [0.15, 0.2) is 30.3 Å². The molecule has 0 aliphatic carbocycles. The fourth-order valence-electron chi connectivity index (χ4n) is 1.60. The summed E-state index contributed by atoms with van der Waals surface area (Å²) in [6, 6.07) is 9.49. The van der Waals surface area contributed by atoms with Gasteiger partial charge in [0, 0.05) is 6.54 Å². The molecule has 0 saturated carbocycles. The second-order valence-corrected chi connectivity index (χ2v) is 3.99. The number of para-hydroxylation sites is 1. The van der Waals surface area contributed by atoms with Gasteiger partial charge in [0.2, 0.25) is 0 Å². The van der Waals surface area contributed by atoms with Gasteiger partial charge in [-0.15, -0.1) is 5.10 Å². The minimum absolute atomic E-state index is 0.219. The van der Waals surface area contributed by atoms with Crippen molar-refractivity contribution in [2.75, 3.05) is 19.8 Å². The van der Waals surface area contributed by atoms with Gasteiger partial charge in [-0.2, -0.15) is 4.68 Å². The van der Waals surface area contributed by atoms with Crippen molar-refractivity contribution in [1.29, 1.82) is 0 Å². The molecule has 0 radical (unpaired) electrons. The maximum Gasteiger partial charge on any atom is 0.261 e. The maximum atomic E-state index is 11.8. The van der Waals surface area contributed by atoms with Gasteiger partial charge >= 0.3 is 0 Å². The predicted octanol–water partition coefficient (Wildman–Crippen LogP) is 1.03. The topological polar surface area (TPSA) is 64.9 Å². The number of alkyl halides is 2. The zero-order valence-electron chi connectivity index (χ0n) is 10.7. The van der Waals surface area contributed by atoms with E-state index in [-0.39, 0.29) is 6.61 Å². The van der Waals surface area contributed by atoms with Crippen LogP contribution in [0.2, 0.25) is 0 Å². The van der Waals surface area contributed by atoms with Gasteiger partial charge in [-0.05, 0) is 22.6 Å². The number of tetrazole rings is 1. The summed E-state index contributed by atoms with van der Waals surface area (Å²) in [5.41, 5.74) is 0.864. The third kappa shape index (κ3) is 4.32. The Morgan fingerprint density at radius 3 is 2.80 bits per heavy atom. The summed E-state index contributed by atoms with van der Waals surface area (Å²) < 4.78 is 30.0. The van der Waals surface area contributed by atoms with Crippen molar-refractivity contribution in [3.8, 4) is 5.69 Å². The first-order valence-corrected chi connectivity index (χ1v) is 6.16. The van der Waals surface area contributed by atoms with Gasteiger partial charge in [-0.25, -0.2) is 8.78 Å². The molecule has 1 aromatic carbocycles. The molecule has 1 N–H and O–H groups in total. The standard InChI is InChI=1S/C12H15F2N5O/c13-11(14)9-20-7-6-15-8-12-16-17-18-19(12)10-4-2-1-3-5-10/h1-5,11,15H,6-9H2. The minimum Gasteiger partial charge on any atom is -0.374 e. The van der Waals surface area contributed by atoms with Crippen LogP contribution in [0.4, 0.5) is 8.78 Å². The molecule has 1 aromatic heterocycles. The van der Waals surface area contributed by atoms with Crippen molar-refractivity contribution >= 4 is 0 Å². The summed E-state index contributed by atoms with van der Waals surface area (Å²) in [6.07, 6.45) is -2.43. The first-order valence-electron chi connectivity index (χ1n) is 6.16. The quantitative estimate of drug-likeness (QED) is 0.733. The zero-order chi connectivity index (χ0) is 14.2. The molecule has 0 saturated heterocycles. The van der Waals surface area contributed by atoms with E-state index in [0.717, 1.165) is 5.69 Å². The number of nitrogens with one attached hydrogen (secondary N) is 1. The Morgan fingerprint density at radius 2 is 2.05 bits per heavy atom. The highest BCUT2D eigenvalue weighted by molar-refractivity contribution is 5.30. The predicted molar refractivity (Wildman–Crippen MR) is 67.7 cm³/mol. The molecule has 20 heavy (non-hydrogen) atoms. The number of nitrogens with zero attached hydrogens (tertiary/aromatic N) is 4. The largest absolute Gasteiger partial charge is 0.374 e. The van der Waals surface area contributed by atoms with Crippen molar-refractivity contribution in [3.63, 3.8) is 0 Å². The summed E-state index contributed by atoms with van der Waals surface area (Å²) in [5, 5.41) is 14.5. The summed E-state index contributed by atoms with van der Waals surface area (Å²) >= 11 is 0. The molecule has 0 fully saturated rings. The first kappa shape index (κ1) is 14.5. The fourth-order valence-corrected chi connectivity index (χ4v) is 1.60. The Labute approximate surface area is 114 Å². The number of hydrogen-bond donors (Lipinski definition) is 1. The molecule has 6 nitrogen and oxygen atoms in total. The lowest BCUT2D eigenvalue weighted by atomic mass is 10.3. The Bertz CT molecular complexity index is 506. The smallest absolute Gasteiger partial charge is 0.261 e. The van der Waals surface area contributed by atoms with E-state index in [1.165, 1.54) is 0 Å². The van der Waals surface area contributed by atoms with Gasteiger partial charge in [0.1, 0.15) is 6.61 Å². The third-order valence-electron chi connectivity index (χ3n) is 2.48. The lowest BCUT2D eigenvalue weighted by molar-refractivity contribution is 0.0186. The average molecular weight is 283 g/mol. The van der Waals surface area contributed by atoms with Crippen LogP contribution in [-0.4, -0.2) is 46.4 Å². The minimum atomic E-state index is -2.43. The summed E-state index contributed by atoms with van der Waals surface area (Å²) in [4.78, 5) is 0. The van der Waals surface area contributed by atoms with E-state index >= 15 is 0 Å². The molecule has 0 unspecified atom stereocenters. The number of halogens is 2. The maximum absolute atomic E-state index is 11.8. The summed E-state index contributed by atoms with van der Waals surface area (Å²) in [6.45, 7) is 0.564. The lowest BCUT2D eigenvalue weighted by Crippen LogP contribution is -2.22.